The Balaban J connectivity index is 2.20. The van der Waals surface area contributed by atoms with Gasteiger partial charge < -0.3 is 10.1 Å². The number of ether oxygens (including phenoxy) is 1. The molecule has 1 heterocycles. The highest BCUT2D eigenvalue weighted by Crippen LogP contribution is 2.10. The monoisotopic (exact) mass is 242 g/mol. The van der Waals surface area contributed by atoms with Crippen molar-refractivity contribution in [2.24, 2.45) is 5.92 Å². The standard InChI is InChI=1S/C14H30N2O/c1-12(2)10-13-11-16(7-6-15-13)8-9-17-14(3,4)5/h12-13,15H,6-11H2,1-5H3. The largest absolute Gasteiger partial charge is 0.375 e. The summed E-state index contributed by atoms with van der Waals surface area (Å²) in [5.74, 6) is 0.776. The average molecular weight is 242 g/mol. The third-order valence-electron chi connectivity index (χ3n) is 3.04. The van der Waals surface area contributed by atoms with Gasteiger partial charge in [-0.3, -0.25) is 4.90 Å². The molecule has 0 aromatic heterocycles. The predicted octanol–water partition coefficient (Wildman–Crippen LogP) is 2.12. The van der Waals surface area contributed by atoms with Crippen LogP contribution < -0.4 is 5.32 Å². The van der Waals surface area contributed by atoms with Crippen molar-refractivity contribution in [2.45, 2.75) is 52.7 Å². The number of piperazine rings is 1. The van der Waals surface area contributed by atoms with Crippen molar-refractivity contribution in [3.8, 4) is 0 Å². The van der Waals surface area contributed by atoms with Crippen LogP contribution in [0.5, 0.6) is 0 Å². The molecule has 1 rings (SSSR count). The normalized spacial score (nSPS) is 23.3. The molecule has 0 aromatic rings. The molecule has 1 fully saturated rings. The van der Waals surface area contributed by atoms with Crippen molar-refractivity contribution >= 4 is 0 Å². The molecule has 1 aliphatic heterocycles. The third-order valence-corrected chi connectivity index (χ3v) is 3.04. The van der Waals surface area contributed by atoms with Crippen LogP contribution in [0.15, 0.2) is 0 Å². The molecule has 0 radical (unpaired) electrons. The van der Waals surface area contributed by atoms with Gasteiger partial charge >= 0.3 is 0 Å². The van der Waals surface area contributed by atoms with Crippen molar-refractivity contribution in [1.82, 2.24) is 10.2 Å². The van der Waals surface area contributed by atoms with E-state index in [0.29, 0.717) is 6.04 Å². The smallest absolute Gasteiger partial charge is 0.0600 e. The van der Waals surface area contributed by atoms with Crippen LogP contribution in [0.25, 0.3) is 0 Å². The molecule has 0 aliphatic carbocycles. The van der Waals surface area contributed by atoms with E-state index < -0.39 is 0 Å². The number of rotatable bonds is 5. The highest BCUT2D eigenvalue weighted by molar-refractivity contribution is 4.79. The fourth-order valence-electron chi connectivity index (χ4n) is 2.31. The maximum atomic E-state index is 5.79. The Kier molecular flexibility index (Phi) is 5.90. The lowest BCUT2D eigenvalue weighted by Gasteiger charge is -2.35. The Labute approximate surface area is 107 Å². The first-order chi connectivity index (χ1) is 7.87. The van der Waals surface area contributed by atoms with Crippen molar-refractivity contribution in [2.75, 3.05) is 32.8 Å². The maximum Gasteiger partial charge on any atom is 0.0600 e. The second-order valence-corrected chi connectivity index (χ2v) is 6.54. The fraction of sp³-hybridized carbons (Fsp3) is 1.00. The van der Waals surface area contributed by atoms with Crippen LogP contribution in [0.1, 0.15) is 41.0 Å². The van der Waals surface area contributed by atoms with Gasteiger partial charge in [0.2, 0.25) is 0 Å². The predicted molar refractivity (Wildman–Crippen MR) is 73.4 cm³/mol. The van der Waals surface area contributed by atoms with Crippen LogP contribution in [0.4, 0.5) is 0 Å². The Morgan fingerprint density at radius 2 is 2.06 bits per heavy atom. The van der Waals surface area contributed by atoms with E-state index in [4.69, 9.17) is 4.74 Å². The Morgan fingerprint density at radius 3 is 2.65 bits per heavy atom. The summed E-state index contributed by atoms with van der Waals surface area (Å²) in [5.41, 5.74) is -0.00856. The minimum Gasteiger partial charge on any atom is -0.375 e. The van der Waals surface area contributed by atoms with Crippen molar-refractivity contribution in [3.05, 3.63) is 0 Å². The molecule has 1 N–H and O–H groups in total. The first kappa shape index (κ1) is 14.9. The summed E-state index contributed by atoms with van der Waals surface area (Å²) in [7, 11) is 0. The zero-order valence-corrected chi connectivity index (χ0v) is 12.3. The lowest BCUT2D eigenvalue weighted by molar-refractivity contribution is -0.0158. The third kappa shape index (κ3) is 7.02. The summed E-state index contributed by atoms with van der Waals surface area (Å²) in [4.78, 5) is 2.52. The second-order valence-electron chi connectivity index (χ2n) is 6.54. The highest BCUT2D eigenvalue weighted by atomic mass is 16.5. The first-order valence-corrected chi connectivity index (χ1v) is 6.96. The van der Waals surface area contributed by atoms with Crippen LogP contribution in [0.3, 0.4) is 0 Å². The van der Waals surface area contributed by atoms with Crippen LogP contribution >= 0.6 is 0 Å². The molecule has 0 bridgehead atoms. The van der Waals surface area contributed by atoms with E-state index in [2.05, 4.69) is 44.8 Å². The second kappa shape index (κ2) is 6.72. The molecule has 17 heavy (non-hydrogen) atoms. The molecule has 1 aliphatic rings. The SMILES string of the molecule is CC(C)CC1CN(CCOC(C)(C)C)CCN1. The first-order valence-electron chi connectivity index (χ1n) is 6.96. The van der Waals surface area contributed by atoms with Gasteiger partial charge in [-0.15, -0.1) is 0 Å². The van der Waals surface area contributed by atoms with E-state index in [9.17, 15) is 0 Å². The molecule has 0 amide bonds. The molecule has 0 spiro atoms. The zero-order valence-electron chi connectivity index (χ0n) is 12.3. The lowest BCUT2D eigenvalue weighted by Crippen LogP contribution is -2.51. The van der Waals surface area contributed by atoms with Gasteiger partial charge in [-0.1, -0.05) is 13.8 Å². The maximum absolute atomic E-state index is 5.79. The minimum atomic E-state index is -0.00856. The van der Waals surface area contributed by atoms with Gasteiger partial charge in [-0.2, -0.15) is 0 Å². The van der Waals surface area contributed by atoms with Crippen molar-refractivity contribution in [3.63, 3.8) is 0 Å². The molecule has 0 aromatic carbocycles. The zero-order chi connectivity index (χ0) is 12.9. The van der Waals surface area contributed by atoms with Crippen LogP contribution in [0.2, 0.25) is 0 Å². The van der Waals surface area contributed by atoms with E-state index in [-0.39, 0.29) is 5.60 Å². The Bertz CT molecular complexity index is 211. The number of nitrogens with zero attached hydrogens (tertiary/aromatic N) is 1. The average Bonchev–Trinajstić information content (AvgIpc) is 2.15. The molecule has 1 saturated heterocycles. The lowest BCUT2D eigenvalue weighted by atomic mass is 10.0. The fourth-order valence-corrected chi connectivity index (χ4v) is 2.31. The Morgan fingerprint density at radius 1 is 1.35 bits per heavy atom. The quantitative estimate of drug-likeness (QED) is 0.799. The van der Waals surface area contributed by atoms with Gasteiger partial charge in [0.1, 0.15) is 0 Å². The highest BCUT2D eigenvalue weighted by Gasteiger charge is 2.20. The Hall–Kier alpha value is -0.120. The van der Waals surface area contributed by atoms with Gasteiger partial charge in [-0.25, -0.2) is 0 Å². The minimum absolute atomic E-state index is 0.00856. The molecular weight excluding hydrogens is 212 g/mol. The van der Waals surface area contributed by atoms with Crippen molar-refractivity contribution < 1.29 is 4.74 Å². The van der Waals surface area contributed by atoms with E-state index >= 15 is 0 Å². The van der Waals surface area contributed by atoms with Gasteiger partial charge in [-0.05, 0) is 33.1 Å². The van der Waals surface area contributed by atoms with E-state index in [1.165, 1.54) is 13.0 Å². The van der Waals surface area contributed by atoms with Crippen LogP contribution in [-0.4, -0.2) is 49.3 Å². The molecular formula is C14H30N2O. The van der Waals surface area contributed by atoms with Crippen molar-refractivity contribution in [1.29, 1.82) is 0 Å². The number of hydrogen-bond acceptors (Lipinski definition) is 3. The van der Waals surface area contributed by atoms with E-state index in [0.717, 1.165) is 32.2 Å². The van der Waals surface area contributed by atoms with Gasteiger partial charge in [0, 0.05) is 32.2 Å². The summed E-state index contributed by atoms with van der Waals surface area (Å²) >= 11 is 0. The number of nitrogens with one attached hydrogen (secondary N) is 1. The number of hydrogen-bond donors (Lipinski definition) is 1. The van der Waals surface area contributed by atoms with Gasteiger partial charge in [0.05, 0.1) is 12.2 Å². The molecule has 1 atom stereocenters. The molecule has 0 saturated carbocycles. The summed E-state index contributed by atoms with van der Waals surface area (Å²) < 4.78 is 5.79. The molecule has 3 heteroatoms. The summed E-state index contributed by atoms with van der Waals surface area (Å²) in [6, 6.07) is 0.665. The van der Waals surface area contributed by atoms with Crippen LogP contribution in [0, 0.1) is 5.92 Å². The van der Waals surface area contributed by atoms with Crippen LogP contribution in [-0.2, 0) is 4.74 Å². The van der Waals surface area contributed by atoms with E-state index in [1.807, 2.05) is 0 Å². The molecule has 102 valence electrons. The van der Waals surface area contributed by atoms with Gasteiger partial charge in [0.25, 0.3) is 0 Å². The summed E-state index contributed by atoms with van der Waals surface area (Å²) in [5, 5.41) is 3.60. The summed E-state index contributed by atoms with van der Waals surface area (Å²) in [6.07, 6.45) is 1.27. The topological polar surface area (TPSA) is 24.5 Å². The molecule has 1 unspecified atom stereocenters. The summed E-state index contributed by atoms with van der Waals surface area (Å²) in [6.45, 7) is 16.3. The van der Waals surface area contributed by atoms with E-state index in [1.54, 1.807) is 0 Å². The molecule has 3 nitrogen and oxygen atoms in total. The van der Waals surface area contributed by atoms with Gasteiger partial charge in [0.15, 0.2) is 0 Å².